The molecule has 0 aromatic heterocycles. The van der Waals surface area contributed by atoms with E-state index in [2.05, 4.69) is 22.9 Å². The SMILES string of the molecule is CCOC(=O)NC(C(=O)Nc1ccc(NC(C)c2ccccc2)c(Cl)c1)C(C)C. The molecule has 2 aromatic rings. The van der Waals surface area contributed by atoms with Gasteiger partial charge in [-0.15, -0.1) is 0 Å². The minimum atomic E-state index is -0.719. The number of anilines is 2. The van der Waals surface area contributed by atoms with E-state index in [4.69, 9.17) is 16.3 Å². The van der Waals surface area contributed by atoms with Crippen LogP contribution in [0.1, 0.15) is 39.3 Å². The molecule has 0 bridgehead atoms. The Morgan fingerprint density at radius 3 is 2.34 bits per heavy atom. The maximum Gasteiger partial charge on any atom is 0.407 e. The summed E-state index contributed by atoms with van der Waals surface area (Å²) in [7, 11) is 0. The lowest BCUT2D eigenvalue weighted by Crippen LogP contribution is -2.47. The number of amides is 2. The van der Waals surface area contributed by atoms with E-state index in [1.54, 1.807) is 19.1 Å². The third kappa shape index (κ3) is 6.68. The molecule has 0 fully saturated rings. The number of halogens is 1. The molecule has 2 atom stereocenters. The van der Waals surface area contributed by atoms with Crippen LogP contribution in [0.2, 0.25) is 5.02 Å². The number of nitrogens with one attached hydrogen (secondary N) is 3. The summed E-state index contributed by atoms with van der Waals surface area (Å²) >= 11 is 6.41. The summed E-state index contributed by atoms with van der Waals surface area (Å²) in [5, 5.41) is 9.25. The quantitative estimate of drug-likeness (QED) is 0.550. The van der Waals surface area contributed by atoms with Gasteiger partial charge in [0.25, 0.3) is 0 Å². The highest BCUT2D eigenvalue weighted by Crippen LogP contribution is 2.29. The summed E-state index contributed by atoms with van der Waals surface area (Å²) in [6.07, 6.45) is -0.617. The van der Waals surface area contributed by atoms with Crippen LogP contribution in [0, 0.1) is 5.92 Å². The molecule has 0 spiro atoms. The maximum absolute atomic E-state index is 12.6. The summed E-state index contributed by atoms with van der Waals surface area (Å²) in [4.78, 5) is 24.3. The molecule has 0 heterocycles. The Labute approximate surface area is 177 Å². The van der Waals surface area contributed by atoms with E-state index in [1.165, 1.54) is 0 Å². The smallest absolute Gasteiger partial charge is 0.407 e. The predicted octanol–water partition coefficient (Wildman–Crippen LogP) is 5.22. The van der Waals surface area contributed by atoms with Gasteiger partial charge in [0.2, 0.25) is 5.91 Å². The number of ether oxygens (including phenoxy) is 1. The van der Waals surface area contributed by atoms with Crippen LogP contribution < -0.4 is 16.0 Å². The van der Waals surface area contributed by atoms with Crippen molar-refractivity contribution in [1.29, 1.82) is 0 Å². The Kier molecular flexibility index (Phi) is 8.34. The summed E-state index contributed by atoms with van der Waals surface area (Å²) in [6, 6.07) is 14.7. The van der Waals surface area contributed by atoms with Crippen molar-refractivity contribution in [1.82, 2.24) is 5.32 Å². The van der Waals surface area contributed by atoms with E-state index >= 15 is 0 Å². The van der Waals surface area contributed by atoms with Gasteiger partial charge in [0, 0.05) is 11.7 Å². The Bertz CT molecular complexity index is 827. The van der Waals surface area contributed by atoms with Crippen LogP contribution in [-0.2, 0) is 9.53 Å². The van der Waals surface area contributed by atoms with Crippen LogP contribution in [0.5, 0.6) is 0 Å². The summed E-state index contributed by atoms with van der Waals surface area (Å²) in [5.74, 6) is -0.440. The van der Waals surface area contributed by atoms with Gasteiger partial charge in [0.1, 0.15) is 6.04 Å². The number of rotatable bonds is 8. The number of benzene rings is 2. The van der Waals surface area contributed by atoms with Crippen molar-refractivity contribution >= 4 is 35.0 Å². The van der Waals surface area contributed by atoms with Crippen molar-refractivity contribution in [2.75, 3.05) is 17.2 Å². The molecule has 2 amide bonds. The molecular formula is C22H28ClN3O3. The van der Waals surface area contributed by atoms with Gasteiger partial charge in [0.15, 0.2) is 0 Å². The molecule has 6 nitrogen and oxygen atoms in total. The molecule has 156 valence electrons. The van der Waals surface area contributed by atoms with E-state index in [1.807, 2.05) is 50.2 Å². The Balaban J connectivity index is 2.05. The van der Waals surface area contributed by atoms with E-state index in [0.717, 1.165) is 11.3 Å². The van der Waals surface area contributed by atoms with Crippen LogP contribution in [0.15, 0.2) is 48.5 Å². The standard InChI is InChI=1S/C22H28ClN3O3/c1-5-29-22(28)26-20(14(2)3)21(27)25-17-11-12-19(18(23)13-17)24-15(4)16-9-7-6-8-10-16/h6-15,20,24H,5H2,1-4H3,(H,25,27)(H,26,28). The first-order chi connectivity index (χ1) is 13.8. The van der Waals surface area contributed by atoms with Crippen molar-refractivity contribution in [3.8, 4) is 0 Å². The van der Waals surface area contributed by atoms with Gasteiger partial charge in [-0.25, -0.2) is 4.79 Å². The molecule has 0 aliphatic rings. The predicted molar refractivity (Wildman–Crippen MR) is 117 cm³/mol. The number of alkyl carbamates (subject to hydrolysis) is 1. The first-order valence-corrected chi connectivity index (χ1v) is 10.0. The Morgan fingerprint density at radius 1 is 1.07 bits per heavy atom. The molecule has 29 heavy (non-hydrogen) atoms. The van der Waals surface area contributed by atoms with Gasteiger partial charge in [0.05, 0.1) is 17.3 Å². The van der Waals surface area contributed by atoms with E-state index < -0.39 is 12.1 Å². The molecule has 2 aromatic carbocycles. The van der Waals surface area contributed by atoms with Crippen molar-refractivity contribution in [2.24, 2.45) is 5.92 Å². The van der Waals surface area contributed by atoms with Crippen LogP contribution in [0.3, 0.4) is 0 Å². The van der Waals surface area contributed by atoms with E-state index in [9.17, 15) is 9.59 Å². The van der Waals surface area contributed by atoms with E-state index in [0.29, 0.717) is 10.7 Å². The summed E-state index contributed by atoms with van der Waals surface area (Å²) < 4.78 is 4.87. The average molecular weight is 418 g/mol. The fourth-order valence-corrected chi connectivity index (χ4v) is 3.06. The van der Waals surface area contributed by atoms with Gasteiger partial charge < -0.3 is 20.7 Å². The van der Waals surface area contributed by atoms with Crippen molar-refractivity contribution in [3.05, 3.63) is 59.1 Å². The first kappa shape index (κ1) is 22.6. The maximum atomic E-state index is 12.6. The second-order valence-electron chi connectivity index (χ2n) is 7.05. The van der Waals surface area contributed by atoms with Crippen LogP contribution in [0.25, 0.3) is 0 Å². The lowest BCUT2D eigenvalue weighted by atomic mass is 10.0. The summed E-state index contributed by atoms with van der Waals surface area (Å²) in [5.41, 5.74) is 2.46. The number of carbonyl (C=O) groups excluding carboxylic acids is 2. The Hall–Kier alpha value is -2.73. The summed E-state index contributed by atoms with van der Waals surface area (Å²) in [6.45, 7) is 7.70. The molecule has 2 unspecified atom stereocenters. The highest BCUT2D eigenvalue weighted by molar-refractivity contribution is 6.33. The van der Waals surface area contributed by atoms with Crippen molar-refractivity contribution < 1.29 is 14.3 Å². The average Bonchev–Trinajstić information content (AvgIpc) is 2.68. The first-order valence-electron chi connectivity index (χ1n) is 9.67. The molecule has 0 saturated heterocycles. The molecule has 3 N–H and O–H groups in total. The topological polar surface area (TPSA) is 79.5 Å². The Morgan fingerprint density at radius 2 is 1.76 bits per heavy atom. The fraction of sp³-hybridized carbons (Fsp3) is 0.364. The highest BCUT2D eigenvalue weighted by Gasteiger charge is 2.25. The lowest BCUT2D eigenvalue weighted by Gasteiger charge is -2.22. The normalized spacial score (nSPS) is 12.8. The monoisotopic (exact) mass is 417 g/mol. The van der Waals surface area contributed by atoms with Crippen molar-refractivity contribution in [2.45, 2.75) is 39.8 Å². The van der Waals surface area contributed by atoms with Crippen LogP contribution in [0.4, 0.5) is 16.2 Å². The molecule has 0 radical (unpaired) electrons. The molecule has 0 saturated carbocycles. The number of hydrogen-bond acceptors (Lipinski definition) is 4. The van der Waals surface area contributed by atoms with Gasteiger partial charge in [-0.05, 0) is 43.5 Å². The minimum Gasteiger partial charge on any atom is -0.450 e. The van der Waals surface area contributed by atoms with Gasteiger partial charge in [-0.1, -0.05) is 55.8 Å². The van der Waals surface area contributed by atoms with Crippen molar-refractivity contribution in [3.63, 3.8) is 0 Å². The zero-order valence-corrected chi connectivity index (χ0v) is 17.9. The molecule has 0 aliphatic heterocycles. The molecule has 7 heteroatoms. The largest absolute Gasteiger partial charge is 0.450 e. The highest BCUT2D eigenvalue weighted by atomic mass is 35.5. The third-order valence-electron chi connectivity index (χ3n) is 4.41. The molecule has 2 rings (SSSR count). The number of carbonyl (C=O) groups is 2. The molecular weight excluding hydrogens is 390 g/mol. The zero-order chi connectivity index (χ0) is 21.4. The van der Waals surface area contributed by atoms with Gasteiger partial charge >= 0.3 is 6.09 Å². The second kappa shape index (κ2) is 10.7. The fourth-order valence-electron chi connectivity index (χ4n) is 2.82. The third-order valence-corrected chi connectivity index (χ3v) is 4.72. The lowest BCUT2D eigenvalue weighted by molar-refractivity contribution is -0.119. The second-order valence-corrected chi connectivity index (χ2v) is 7.45. The van der Waals surface area contributed by atoms with E-state index in [-0.39, 0.29) is 24.5 Å². The zero-order valence-electron chi connectivity index (χ0n) is 17.2. The van der Waals surface area contributed by atoms with Crippen LogP contribution >= 0.6 is 11.6 Å². The van der Waals surface area contributed by atoms with Crippen LogP contribution in [-0.4, -0.2) is 24.6 Å². The minimum absolute atomic E-state index is 0.0771. The number of hydrogen-bond donors (Lipinski definition) is 3. The molecule has 0 aliphatic carbocycles. The van der Waals surface area contributed by atoms with Gasteiger partial charge in [-0.3, -0.25) is 4.79 Å². The van der Waals surface area contributed by atoms with Gasteiger partial charge in [-0.2, -0.15) is 0 Å².